The summed E-state index contributed by atoms with van der Waals surface area (Å²) < 4.78 is 0. The molecule has 164 valence electrons. The van der Waals surface area contributed by atoms with Gasteiger partial charge in [0, 0.05) is 6.20 Å². The fourth-order valence-corrected chi connectivity index (χ4v) is 6.50. The number of rotatable bonds is 3. The molecule has 2 fully saturated rings. The van der Waals surface area contributed by atoms with Crippen LogP contribution in [0.25, 0.3) is 6.08 Å². The van der Waals surface area contributed by atoms with Crippen molar-refractivity contribution in [2.75, 3.05) is 4.90 Å². The molecule has 4 heterocycles. The Balaban J connectivity index is 1.53. The van der Waals surface area contributed by atoms with E-state index in [1.807, 2.05) is 84.9 Å². The van der Waals surface area contributed by atoms with Crippen molar-refractivity contribution in [2.24, 2.45) is 11.8 Å². The number of hydrogen-bond acceptors (Lipinski definition) is 5. The van der Waals surface area contributed by atoms with E-state index < -0.39 is 17.9 Å². The van der Waals surface area contributed by atoms with Crippen molar-refractivity contribution in [2.45, 2.75) is 25.9 Å². The number of anilines is 1. The monoisotopic (exact) mass is 454 g/mol. The van der Waals surface area contributed by atoms with Crippen LogP contribution in [0.5, 0.6) is 0 Å². The van der Waals surface area contributed by atoms with Crippen molar-refractivity contribution < 1.29 is 14.4 Å². The molecular weight excluding hydrogens is 432 g/mol. The molecule has 6 rings (SSSR count). The van der Waals surface area contributed by atoms with Crippen LogP contribution in [0.2, 0.25) is 0 Å². The molecule has 33 heavy (non-hydrogen) atoms. The van der Waals surface area contributed by atoms with E-state index in [0.717, 1.165) is 22.3 Å². The van der Waals surface area contributed by atoms with Crippen LogP contribution in [-0.2, 0) is 9.59 Å². The first-order chi connectivity index (χ1) is 16.0. The summed E-state index contributed by atoms with van der Waals surface area (Å²) in [5.74, 6) is -1.94. The minimum Gasteiger partial charge on any atom is -0.358 e. The highest BCUT2D eigenvalue weighted by Gasteiger charge is 2.64. The minimum absolute atomic E-state index is 0.101. The molecule has 2 amide bonds. The first-order valence-corrected chi connectivity index (χ1v) is 11.9. The van der Waals surface area contributed by atoms with E-state index in [-0.39, 0.29) is 23.6 Å². The Morgan fingerprint density at radius 2 is 1.61 bits per heavy atom. The second-order valence-corrected chi connectivity index (χ2v) is 9.87. The lowest BCUT2D eigenvalue weighted by atomic mass is 9.84. The third kappa shape index (κ3) is 2.74. The van der Waals surface area contributed by atoms with Gasteiger partial charge in [0.15, 0.2) is 5.78 Å². The average molecular weight is 455 g/mol. The van der Waals surface area contributed by atoms with Gasteiger partial charge in [-0.3, -0.25) is 14.4 Å². The van der Waals surface area contributed by atoms with Crippen molar-refractivity contribution in [3.8, 4) is 0 Å². The summed E-state index contributed by atoms with van der Waals surface area (Å²) >= 11 is 1.37. The molecule has 0 bridgehead atoms. The molecule has 0 N–H and O–H groups in total. The summed E-state index contributed by atoms with van der Waals surface area (Å²) in [6.07, 6.45) is 3.87. The quantitative estimate of drug-likeness (QED) is 0.423. The smallest absolute Gasteiger partial charge is 0.240 e. The number of carbonyl (C=O) groups excluding carboxylic acids is 3. The Kier molecular flexibility index (Phi) is 4.42. The fraction of sp³-hybridized carbons (Fsp3) is 0.222. The lowest BCUT2D eigenvalue weighted by molar-refractivity contribution is -0.123. The molecule has 0 radical (unpaired) electrons. The Bertz CT molecular complexity index is 1320. The molecule has 2 aromatic carbocycles. The summed E-state index contributed by atoms with van der Waals surface area (Å²) in [6.45, 7) is 3.83. The molecule has 3 aliphatic heterocycles. The Morgan fingerprint density at radius 3 is 2.33 bits per heavy atom. The van der Waals surface area contributed by atoms with Gasteiger partial charge in [-0.25, -0.2) is 4.90 Å². The summed E-state index contributed by atoms with van der Waals surface area (Å²) in [4.78, 5) is 45.5. The molecule has 0 aliphatic carbocycles. The molecular formula is C27H22N2O3S. The topological polar surface area (TPSA) is 57.7 Å². The molecule has 2 saturated heterocycles. The minimum atomic E-state index is -0.730. The molecule has 0 unspecified atom stereocenters. The first kappa shape index (κ1) is 20.1. The lowest BCUT2D eigenvalue weighted by Crippen LogP contribution is -2.44. The number of Topliss-reactive ketones (excluding diaryl/α,β-unsaturated/α-hetero) is 1. The standard InChI is InChI=1S/C27H22N2O3S/c1-15-7-5-8-16(2)22(15)29-26(31)20-21(27(29)32)24(25(30)19-11-6-14-33-19)28-13-12-17-9-3-4-10-18(17)23(20)28/h3-14,20-21,23-24H,1-2H3/t20-,21+,23+,24-/m0/s1. The van der Waals surface area contributed by atoms with Crippen LogP contribution in [0.15, 0.2) is 66.2 Å². The average Bonchev–Trinajstić information content (AvgIpc) is 3.51. The summed E-state index contributed by atoms with van der Waals surface area (Å²) in [5.41, 5.74) is 4.40. The molecule has 6 heteroatoms. The van der Waals surface area contributed by atoms with Crippen LogP contribution in [0.3, 0.4) is 0 Å². The molecule has 3 aliphatic rings. The number of imide groups is 1. The fourth-order valence-electron chi connectivity index (χ4n) is 5.80. The second-order valence-electron chi connectivity index (χ2n) is 8.93. The van der Waals surface area contributed by atoms with Crippen molar-refractivity contribution in [1.29, 1.82) is 0 Å². The summed E-state index contributed by atoms with van der Waals surface area (Å²) in [5, 5.41) is 1.86. The van der Waals surface area contributed by atoms with Gasteiger partial charge in [-0.1, -0.05) is 48.5 Å². The van der Waals surface area contributed by atoms with E-state index >= 15 is 0 Å². The predicted octanol–water partition coefficient (Wildman–Crippen LogP) is 4.76. The van der Waals surface area contributed by atoms with Gasteiger partial charge in [0.2, 0.25) is 11.8 Å². The number of ketones is 1. The van der Waals surface area contributed by atoms with Crippen LogP contribution < -0.4 is 4.90 Å². The van der Waals surface area contributed by atoms with E-state index in [0.29, 0.717) is 10.6 Å². The maximum absolute atomic E-state index is 14.0. The maximum atomic E-state index is 14.0. The molecule has 0 saturated carbocycles. The molecule has 4 atom stereocenters. The van der Waals surface area contributed by atoms with Crippen LogP contribution in [0.1, 0.15) is 38.0 Å². The van der Waals surface area contributed by atoms with Gasteiger partial charge in [0.25, 0.3) is 0 Å². The highest BCUT2D eigenvalue weighted by atomic mass is 32.1. The normalized spacial score (nSPS) is 25.3. The zero-order chi connectivity index (χ0) is 22.9. The Morgan fingerprint density at radius 1 is 0.879 bits per heavy atom. The molecule has 0 spiro atoms. The maximum Gasteiger partial charge on any atom is 0.240 e. The number of aryl methyl sites for hydroxylation is 2. The summed E-state index contributed by atoms with van der Waals surface area (Å²) in [6, 6.07) is 16.2. The molecule has 5 nitrogen and oxygen atoms in total. The van der Waals surface area contributed by atoms with Crippen LogP contribution >= 0.6 is 11.3 Å². The zero-order valence-corrected chi connectivity index (χ0v) is 19.1. The lowest BCUT2D eigenvalue weighted by Gasteiger charge is -2.35. The number of benzene rings is 2. The number of nitrogens with zero attached hydrogens (tertiary/aromatic N) is 2. The van der Waals surface area contributed by atoms with E-state index in [4.69, 9.17) is 0 Å². The van der Waals surface area contributed by atoms with Crippen molar-refractivity contribution in [3.05, 3.63) is 93.3 Å². The van der Waals surface area contributed by atoms with Gasteiger partial charge in [0.05, 0.1) is 28.4 Å². The second kappa shape index (κ2) is 7.25. The predicted molar refractivity (Wildman–Crippen MR) is 128 cm³/mol. The zero-order valence-electron chi connectivity index (χ0n) is 18.3. The first-order valence-electron chi connectivity index (χ1n) is 11.1. The van der Waals surface area contributed by atoms with E-state index in [2.05, 4.69) is 0 Å². The number of para-hydroxylation sites is 1. The van der Waals surface area contributed by atoms with Crippen molar-refractivity contribution in [3.63, 3.8) is 0 Å². The van der Waals surface area contributed by atoms with Crippen LogP contribution in [0.4, 0.5) is 5.69 Å². The Labute approximate surface area is 195 Å². The van der Waals surface area contributed by atoms with Crippen LogP contribution in [0, 0.1) is 25.7 Å². The van der Waals surface area contributed by atoms with Gasteiger partial charge in [-0.2, -0.15) is 0 Å². The number of hydrogen-bond donors (Lipinski definition) is 0. The van der Waals surface area contributed by atoms with Crippen molar-refractivity contribution in [1.82, 2.24) is 4.90 Å². The largest absolute Gasteiger partial charge is 0.358 e. The van der Waals surface area contributed by atoms with Gasteiger partial charge in [0.1, 0.15) is 6.04 Å². The highest BCUT2D eigenvalue weighted by molar-refractivity contribution is 7.12. The molecule has 3 aromatic rings. The molecule has 1 aromatic heterocycles. The highest BCUT2D eigenvalue weighted by Crippen LogP contribution is 2.54. The number of amides is 2. The van der Waals surface area contributed by atoms with Crippen molar-refractivity contribution >= 4 is 40.7 Å². The van der Waals surface area contributed by atoms with Crippen LogP contribution in [-0.4, -0.2) is 28.5 Å². The Hall–Kier alpha value is -3.51. The number of thiophene rings is 1. The SMILES string of the molecule is Cc1cccc(C)c1N1C(=O)[C@@H]2[C@H](C1=O)[C@H]1c3ccccc3C=CN1[C@@H]2C(=O)c1cccs1. The van der Waals surface area contributed by atoms with Gasteiger partial charge >= 0.3 is 0 Å². The van der Waals surface area contributed by atoms with Gasteiger partial charge in [-0.05, 0) is 53.6 Å². The third-order valence-electron chi connectivity index (χ3n) is 7.16. The number of carbonyl (C=O) groups is 3. The third-order valence-corrected chi connectivity index (χ3v) is 8.04. The summed E-state index contributed by atoms with van der Waals surface area (Å²) in [7, 11) is 0. The number of fused-ring (bicyclic) bond motifs is 5. The van der Waals surface area contributed by atoms with E-state index in [1.165, 1.54) is 16.2 Å². The van der Waals surface area contributed by atoms with E-state index in [9.17, 15) is 14.4 Å². The van der Waals surface area contributed by atoms with Gasteiger partial charge < -0.3 is 4.90 Å². The van der Waals surface area contributed by atoms with E-state index in [1.54, 1.807) is 6.07 Å². The van der Waals surface area contributed by atoms with Gasteiger partial charge in [-0.15, -0.1) is 11.3 Å².